The number of nitrogens with zero attached hydrogens (tertiary/aromatic N) is 5. The molecule has 2 aliphatic rings. The van der Waals surface area contributed by atoms with Crippen molar-refractivity contribution in [1.29, 1.82) is 0 Å². The Bertz CT molecular complexity index is 1380. The summed E-state index contributed by atoms with van der Waals surface area (Å²) in [4.78, 5) is 22.8. The van der Waals surface area contributed by atoms with E-state index in [1.165, 1.54) is 12.8 Å². The zero-order chi connectivity index (χ0) is 24.7. The van der Waals surface area contributed by atoms with E-state index >= 15 is 0 Å². The molecule has 3 aromatic rings. The van der Waals surface area contributed by atoms with Crippen LogP contribution in [0.2, 0.25) is 0 Å². The highest BCUT2D eigenvalue weighted by Crippen LogP contribution is 2.34. The highest BCUT2D eigenvalue weighted by molar-refractivity contribution is 7.92. The Kier molecular flexibility index (Phi) is 6.16. The average molecular weight is 497 g/mol. The lowest BCUT2D eigenvalue weighted by molar-refractivity contribution is 0.0606. The SMILES string of the molecule is Cc1ccc(NS(C)(=O)=O)c(C(=O)N2CCCC[C@H]2c2cc3nc(N4CCCC4)c(C)cn3n2)c1. The first-order valence-electron chi connectivity index (χ1n) is 12.2. The van der Waals surface area contributed by atoms with Crippen LogP contribution in [0.3, 0.4) is 0 Å². The molecule has 2 fully saturated rings. The maximum Gasteiger partial charge on any atom is 0.256 e. The van der Waals surface area contributed by atoms with Crippen molar-refractivity contribution in [3.05, 3.63) is 52.8 Å². The van der Waals surface area contributed by atoms with Crippen LogP contribution in [0.4, 0.5) is 11.5 Å². The molecule has 5 rings (SSSR count). The molecule has 0 bridgehead atoms. The van der Waals surface area contributed by atoms with Crippen LogP contribution in [-0.2, 0) is 10.0 Å². The number of carbonyl (C=O) groups is 1. The van der Waals surface area contributed by atoms with Crippen molar-refractivity contribution in [2.45, 2.75) is 52.0 Å². The second-order valence-electron chi connectivity index (χ2n) is 9.75. The molecule has 0 unspecified atom stereocenters. The van der Waals surface area contributed by atoms with Gasteiger partial charge in [0.25, 0.3) is 5.91 Å². The van der Waals surface area contributed by atoms with Gasteiger partial charge in [0.1, 0.15) is 5.82 Å². The smallest absolute Gasteiger partial charge is 0.256 e. The molecule has 0 radical (unpaired) electrons. The fourth-order valence-electron chi connectivity index (χ4n) is 5.19. The van der Waals surface area contributed by atoms with Gasteiger partial charge in [-0.1, -0.05) is 11.6 Å². The van der Waals surface area contributed by atoms with Gasteiger partial charge < -0.3 is 9.80 Å². The van der Waals surface area contributed by atoms with Gasteiger partial charge in [-0.05, 0) is 58.1 Å². The number of likely N-dealkylation sites (tertiary alicyclic amines) is 1. The van der Waals surface area contributed by atoms with E-state index in [1.54, 1.807) is 18.2 Å². The van der Waals surface area contributed by atoms with Crippen molar-refractivity contribution < 1.29 is 13.2 Å². The maximum absolute atomic E-state index is 13.8. The largest absolute Gasteiger partial charge is 0.356 e. The van der Waals surface area contributed by atoms with E-state index in [2.05, 4.69) is 16.5 Å². The topological polar surface area (TPSA) is 99.9 Å². The molecule has 10 heteroatoms. The predicted octanol–water partition coefficient (Wildman–Crippen LogP) is 3.69. The third-order valence-electron chi connectivity index (χ3n) is 6.84. The number of nitrogens with one attached hydrogen (secondary N) is 1. The number of amides is 1. The number of piperidine rings is 1. The second kappa shape index (κ2) is 9.14. The molecule has 1 amide bonds. The van der Waals surface area contributed by atoms with Gasteiger partial charge >= 0.3 is 0 Å². The fourth-order valence-corrected chi connectivity index (χ4v) is 5.77. The number of anilines is 2. The van der Waals surface area contributed by atoms with Gasteiger partial charge in [-0.3, -0.25) is 9.52 Å². The van der Waals surface area contributed by atoms with E-state index in [1.807, 2.05) is 28.6 Å². The number of aryl methyl sites for hydroxylation is 2. The zero-order valence-corrected chi connectivity index (χ0v) is 21.3. The number of rotatable bonds is 5. The lowest BCUT2D eigenvalue weighted by Crippen LogP contribution is -2.39. The Morgan fingerprint density at radius 1 is 1.06 bits per heavy atom. The van der Waals surface area contributed by atoms with Crippen LogP contribution >= 0.6 is 0 Å². The summed E-state index contributed by atoms with van der Waals surface area (Å²) in [7, 11) is -3.52. The standard InChI is InChI=1S/C25H32N6O3S/c1-17-9-10-20(28-35(3,33)34)19(14-17)25(32)30-13-5-4-8-22(30)21-15-23-26-24(29-11-6-7-12-29)18(2)16-31(23)27-21/h9-10,14-16,22,28H,4-8,11-13H2,1-3H3/t22-/m0/s1. The summed E-state index contributed by atoms with van der Waals surface area (Å²) in [6, 6.07) is 6.99. The summed E-state index contributed by atoms with van der Waals surface area (Å²) in [6.45, 7) is 6.59. The first-order chi connectivity index (χ1) is 16.7. The van der Waals surface area contributed by atoms with E-state index in [0.29, 0.717) is 17.8 Å². The van der Waals surface area contributed by atoms with E-state index in [9.17, 15) is 13.2 Å². The van der Waals surface area contributed by atoms with Crippen LogP contribution in [0, 0.1) is 13.8 Å². The van der Waals surface area contributed by atoms with Crippen LogP contribution < -0.4 is 9.62 Å². The summed E-state index contributed by atoms with van der Waals surface area (Å²) in [5, 5.41) is 4.82. The molecular formula is C25H32N6O3S. The molecule has 2 saturated heterocycles. The maximum atomic E-state index is 13.8. The van der Waals surface area contributed by atoms with Gasteiger partial charge in [0, 0.05) is 37.5 Å². The molecular weight excluding hydrogens is 464 g/mol. The fraction of sp³-hybridized carbons (Fsp3) is 0.480. The third kappa shape index (κ3) is 4.84. The number of sulfonamides is 1. The van der Waals surface area contributed by atoms with Gasteiger partial charge in [0.05, 0.1) is 29.2 Å². The normalized spacial score (nSPS) is 18.9. The molecule has 2 aliphatic heterocycles. The van der Waals surface area contributed by atoms with Crippen molar-refractivity contribution in [3.63, 3.8) is 0 Å². The zero-order valence-electron chi connectivity index (χ0n) is 20.5. The van der Waals surface area contributed by atoms with E-state index < -0.39 is 10.0 Å². The van der Waals surface area contributed by atoms with Gasteiger partial charge in [-0.2, -0.15) is 5.10 Å². The Balaban J connectivity index is 1.50. The molecule has 186 valence electrons. The number of benzene rings is 1. The summed E-state index contributed by atoms with van der Waals surface area (Å²) in [6.07, 6.45) is 8.17. The summed E-state index contributed by atoms with van der Waals surface area (Å²) in [5.74, 6) is 0.817. The molecule has 2 aromatic heterocycles. The van der Waals surface area contributed by atoms with Crippen molar-refractivity contribution in [3.8, 4) is 0 Å². The van der Waals surface area contributed by atoms with Crippen molar-refractivity contribution in [2.24, 2.45) is 0 Å². The predicted molar refractivity (Wildman–Crippen MR) is 136 cm³/mol. The first-order valence-corrected chi connectivity index (χ1v) is 14.1. The highest BCUT2D eigenvalue weighted by atomic mass is 32.2. The number of carbonyl (C=O) groups excluding carboxylic acids is 1. The van der Waals surface area contributed by atoms with Crippen LogP contribution in [0.25, 0.3) is 5.65 Å². The van der Waals surface area contributed by atoms with E-state index in [0.717, 1.165) is 66.9 Å². The van der Waals surface area contributed by atoms with Gasteiger partial charge in [0.15, 0.2) is 5.65 Å². The number of aromatic nitrogens is 3. The number of hydrogen-bond acceptors (Lipinski definition) is 6. The molecule has 1 atom stereocenters. The lowest BCUT2D eigenvalue weighted by atomic mass is 9.97. The molecule has 4 heterocycles. The number of hydrogen-bond donors (Lipinski definition) is 1. The lowest BCUT2D eigenvalue weighted by Gasteiger charge is -2.35. The Hall–Kier alpha value is -3.14. The van der Waals surface area contributed by atoms with Crippen molar-refractivity contribution in [1.82, 2.24) is 19.5 Å². The van der Waals surface area contributed by atoms with Crippen LogP contribution in [0.5, 0.6) is 0 Å². The Morgan fingerprint density at radius 2 is 1.80 bits per heavy atom. The van der Waals surface area contributed by atoms with E-state index in [4.69, 9.17) is 10.1 Å². The molecule has 1 aromatic carbocycles. The molecule has 0 saturated carbocycles. The third-order valence-corrected chi connectivity index (χ3v) is 7.43. The molecule has 9 nitrogen and oxygen atoms in total. The highest BCUT2D eigenvalue weighted by Gasteiger charge is 2.32. The molecule has 0 spiro atoms. The van der Waals surface area contributed by atoms with Crippen LogP contribution in [0.15, 0.2) is 30.5 Å². The minimum atomic E-state index is -3.52. The van der Waals surface area contributed by atoms with E-state index in [-0.39, 0.29) is 11.9 Å². The van der Waals surface area contributed by atoms with Gasteiger partial charge in [-0.15, -0.1) is 0 Å². The minimum absolute atomic E-state index is 0.191. The molecule has 1 N–H and O–H groups in total. The minimum Gasteiger partial charge on any atom is -0.356 e. The average Bonchev–Trinajstić information content (AvgIpc) is 3.48. The summed E-state index contributed by atoms with van der Waals surface area (Å²) < 4.78 is 28.1. The van der Waals surface area contributed by atoms with Crippen LogP contribution in [0.1, 0.15) is 65.3 Å². The van der Waals surface area contributed by atoms with Crippen LogP contribution in [-0.4, -0.2) is 59.7 Å². The van der Waals surface area contributed by atoms with Crippen molar-refractivity contribution >= 4 is 33.1 Å². The Labute approximate surface area is 206 Å². The second-order valence-corrected chi connectivity index (χ2v) is 11.5. The Morgan fingerprint density at radius 3 is 2.54 bits per heavy atom. The number of fused-ring (bicyclic) bond motifs is 1. The monoisotopic (exact) mass is 496 g/mol. The van der Waals surface area contributed by atoms with Crippen molar-refractivity contribution in [2.75, 3.05) is 35.5 Å². The summed E-state index contributed by atoms with van der Waals surface area (Å²) in [5.41, 5.74) is 4.23. The molecule has 0 aliphatic carbocycles. The van der Waals surface area contributed by atoms with Gasteiger partial charge in [0.2, 0.25) is 10.0 Å². The quantitative estimate of drug-likeness (QED) is 0.578. The first kappa shape index (κ1) is 23.6. The van der Waals surface area contributed by atoms with Gasteiger partial charge in [-0.25, -0.2) is 17.9 Å². The molecule has 35 heavy (non-hydrogen) atoms. The summed E-state index contributed by atoms with van der Waals surface area (Å²) >= 11 is 0.